The first-order valence-electron chi connectivity index (χ1n) is 17.4. The molecule has 0 aliphatic rings. The van der Waals surface area contributed by atoms with E-state index in [9.17, 15) is 0 Å². The molecule has 0 aromatic heterocycles. The lowest BCUT2D eigenvalue weighted by Crippen LogP contribution is -2.18. The third-order valence-corrected chi connectivity index (χ3v) is 8.44. The van der Waals surface area contributed by atoms with Gasteiger partial charge in [-0.05, 0) is 79.8 Å². The summed E-state index contributed by atoms with van der Waals surface area (Å²) < 4.78 is 0. The summed E-state index contributed by atoms with van der Waals surface area (Å²) in [7, 11) is 0. The van der Waals surface area contributed by atoms with Gasteiger partial charge in [0, 0.05) is 24.0 Å². The summed E-state index contributed by atoms with van der Waals surface area (Å²) >= 11 is 0. The van der Waals surface area contributed by atoms with Crippen LogP contribution >= 0.6 is 0 Å². The summed E-state index contributed by atoms with van der Waals surface area (Å²) in [5.41, 5.74) is 5.57. The molecule has 2 rings (SSSR count). The van der Waals surface area contributed by atoms with Gasteiger partial charge in [-0.3, -0.25) is 0 Å². The van der Waals surface area contributed by atoms with Crippen molar-refractivity contribution in [3.05, 3.63) is 59.7 Å². The lowest BCUT2D eigenvalue weighted by atomic mass is 9.91. The third kappa shape index (κ3) is 15.7. The van der Waals surface area contributed by atoms with Crippen LogP contribution in [0, 0.1) is 5.92 Å². The molecule has 0 amide bonds. The largest absolute Gasteiger partial charge is 0.385 e. The molecule has 0 heterocycles. The van der Waals surface area contributed by atoms with Gasteiger partial charge in [0.2, 0.25) is 0 Å². The normalized spacial score (nSPS) is 11.4. The molecule has 0 atom stereocenters. The molecule has 0 fully saturated rings. The van der Waals surface area contributed by atoms with Crippen LogP contribution < -0.4 is 10.6 Å². The van der Waals surface area contributed by atoms with Crippen molar-refractivity contribution >= 4 is 11.4 Å². The molecule has 0 saturated heterocycles. The van der Waals surface area contributed by atoms with Crippen molar-refractivity contribution < 1.29 is 0 Å². The molecule has 0 aliphatic carbocycles. The van der Waals surface area contributed by atoms with Gasteiger partial charge in [-0.25, -0.2) is 0 Å². The van der Waals surface area contributed by atoms with Crippen molar-refractivity contribution in [3.8, 4) is 0 Å². The number of rotatable bonds is 25. The molecule has 0 radical (unpaired) electrons. The van der Waals surface area contributed by atoms with E-state index in [1.54, 1.807) is 0 Å². The summed E-state index contributed by atoms with van der Waals surface area (Å²) in [4.78, 5) is 0. The van der Waals surface area contributed by atoms with Crippen LogP contribution in [0.2, 0.25) is 0 Å². The van der Waals surface area contributed by atoms with E-state index in [-0.39, 0.29) is 0 Å². The van der Waals surface area contributed by atoms with Gasteiger partial charge in [-0.1, -0.05) is 135 Å². The molecule has 0 saturated carbocycles. The van der Waals surface area contributed by atoms with Crippen molar-refractivity contribution in [2.24, 2.45) is 5.92 Å². The minimum absolute atomic E-state index is 0.624. The lowest BCUT2D eigenvalue weighted by molar-refractivity contribution is 0.438. The quantitative estimate of drug-likeness (QED) is 0.121. The highest BCUT2D eigenvalue weighted by Gasteiger charge is 2.08. The van der Waals surface area contributed by atoms with Crippen LogP contribution in [0.3, 0.4) is 0 Å². The lowest BCUT2D eigenvalue weighted by Gasteiger charge is -2.19. The smallest absolute Gasteiger partial charge is 0.0342 e. The SMILES string of the molecule is CCCC(CCC)Cc1ccc(NCCCCCCCCCCCc2ccc(NC(CCC)CCC)cc2)cc1. The van der Waals surface area contributed by atoms with E-state index < -0.39 is 0 Å². The minimum atomic E-state index is 0.624. The summed E-state index contributed by atoms with van der Waals surface area (Å²) in [6.45, 7) is 10.3. The van der Waals surface area contributed by atoms with Crippen LogP contribution in [0.4, 0.5) is 11.4 Å². The van der Waals surface area contributed by atoms with E-state index in [1.807, 2.05) is 0 Å². The van der Waals surface area contributed by atoms with Crippen LogP contribution in [0.25, 0.3) is 0 Å². The van der Waals surface area contributed by atoms with Gasteiger partial charge in [0.1, 0.15) is 0 Å². The number of aryl methyl sites for hydroxylation is 1. The summed E-state index contributed by atoms with van der Waals surface area (Å²) in [5, 5.41) is 7.37. The topological polar surface area (TPSA) is 24.1 Å². The first-order valence-corrected chi connectivity index (χ1v) is 17.4. The van der Waals surface area contributed by atoms with E-state index in [0.717, 1.165) is 12.5 Å². The molecule has 2 heteroatoms. The molecule has 0 unspecified atom stereocenters. The molecule has 2 N–H and O–H groups in total. The molecule has 2 aromatic rings. The van der Waals surface area contributed by atoms with Crippen LogP contribution in [0.15, 0.2) is 48.5 Å². The molecule has 2 nitrogen and oxygen atoms in total. The van der Waals surface area contributed by atoms with E-state index in [4.69, 9.17) is 0 Å². The van der Waals surface area contributed by atoms with Crippen molar-refractivity contribution in [1.82, 2.24) is 0 Å². The average Bonchev–Trinajstić information content (AvgIpc) is 2.96. The van der Waals surface area contributed by atoms with Gasteiger partial charge in [0.15, 0.2) is 0 Å². The van der Waals surface area contributed by atoms with Gasteiger partial charge in [-0.2, -0.15) is 0 Å². The molecule has 0 spiro atoms. The Hall–Kier alpha value is -1.96. The molecular formula is C38H64N2. The van der Waals surface area contributed by atoms with Gasteiger partial charge < -0.3 is 10.6 Å². The van der Waals surface area contributed by atoms with Crippen molar-refractivity contribution in [2.45, 2.75) is 156 Å². The zero-order valence-electron chi connectivity index (χ0n) is 26.9. The standard InChI is InChI=1S/C38H64N2/c1-5-18-34(19-6-2)32-35-25-27-36(28-26-35)39-31-17-15-13-11-9-10-12-14-16-22-33-23-29-38(30-24-33)40-37(20-7-3)21-8-4/h23-30,34,37,39-40H,5-22,31-32H2,1-4H3. The zero-order chi connectivity index (χ0) is 28.7. The van der Waals surface area contributed by atoms with Crippen LogP contribution in [-0.4, -0.2) is 12.6 Å². The first kappa shape index (κ1) is 34.2. The molecular weight excluding hydrogens is 484 g/mol. The maximum atomic E-state index is 3.74. The van der Waals surface area contributed by atoms with Gasteiger partial charge in [0.05, 0.1) is 0 Å². The van der Waals surface area contributed by atoms with Crippen LogP contribution in [-0.2, 0) is 12.8 Å². The molecule has 2 aromatic carbocycles. The van der Waals surface area contributed by atoms with Crippen molar-refractivity contribution in [1.29, 1.82) is 0 Å². The van der Waals surface area contributed by atoms with Crippen LogP contribution in [0.1, 0.15) is 148 Å². The third-order valence-electron chi connectivity index (χ3n) is 8.44. The Bertz CT molecular complexity index is 742. The zero-order valence-corrected chi connectivity index (χ0v) is 26.9. The highest BCUT2D eigenvalue weighted by atomic mass is 14.9. The predicted octanol–water partition coefficient (Wildman–Crippen LogP) is 12.0. The maximum Gasteiger partial charge on any atom is 0.0342 e. The molecule has 0 aliphatic heterocycles. The van der Waals surface area contributed by atoms with Crippen LogP contribution in [0.5, 0.6) is 0 Å². The van der Waals surface area contributed by atoms with E-state index >= 15 is 0 Å². The van der Waals surface area contributed by atoms with Crippen molar-refractivity contribution in [3.63, 3.8) is 0 Å². The van der Waals surface area contributed by atoms with E-state index in [0.29, 0.717) is 6.04 Å². The Morgan fingerprint density at radius 2 is 0.975 bits per heavy atom. The van der Waals surface area contributed by atoms with Gasteiger partial charge >= 0.3 is 0 Å². The average molecular weight is 549 g/mol. The highest BCUT2D eigenvalue weighted by Crippen LogP contribution is 2.21. The number of benzene rings is 2. The van der Waals surface area contributed by atoms with E-state index in [1.165, 1.54) is 144 Å². The fourth-order valence-electron chi connectivity index (χ4n) is 6.17. The fourth-order valence-corrected chi connectivity index (χ4v) is 6.17. The Kier molecular flexibility index (Phi) is 19.4. The molecule has 0 bridgehead atoms. The minimum Gasteiger partial charge on any atom is -0.385 e. The second-order valence-corrected chi connectivity index (χ2v) is 12.3. The second kappa shape index (κ2) is 22.7. The summed E-state index contributed by atoms with van der Waals surface area (Å²) in [5.74, 6) is 0.855. The molecule has 226 valence electrons. The Morgan fingerprint density at radius 1 is 0.500 bits per heavy atom. The highest BCUT2D eigenvalue weighted by molar-refractivity contribution is 5.46. The Morgan fingerprint density at radius 3 is 1.52 bits per heavy atom. The first-order chi connectivity index (χ1) is 19.7. The monoisotopic (exact) mass is 549 g/mol. The Balaban J connectivity index is 1.44. The summed E-state index contributed by atoms with van der Waals surface area (Å²) in [6.07, 6.45) is 25.1. The summed E-state index contributed by atoms with van der Waals surface area (Å²) in [6, 6.07) is 19.1. The fraction of sp³-hybridized carbons (Fsp3) is 0.684. The maximum absolute atomic E-state index is 3.74. The number of hydrogen-bond donors (Lipinski definition) is 2. The predicted molar refractivity (Wildman–Crippen MR) is 181 cm³/mol. The number of nitrogens with one attached hydrogen (secondary N) is 2. The van der Waals surface area contributed by atoms with Gasteiger partial charge in [0.25, 0.3) is 0 Å². The number of unbranched alkanes of at least 4 members (excludes halogenated alkanes) is 8. The molecule has 40 heavy (non-hydrogen) atoms. The number of anilines is 2. The van der Waals surface area contributed by atoms with Crippen molar-refractivity contribution in [2.75, 3.05) is 17.2 Å². The number of hydrogen-bond acceptors (Lipinski definition) is 2. The van der Waals surface area contributed by atoms with Gasteiger partial charge in [-0.15, -0.1) is 0 Å². The second-order valence-electron chi connectivity index (χ2n) is 12.3. The van der Waals surface area contributed by atoms with E-state index in [2.05, 4.69) is 86.9 Å². The Labute approximate surface area is 249 Å².